The van der Waals surface area contributed by atoms with Crippen molar-refractivity contribution < 1.29 is 0 Å². The van der Waals surface area contributed by atoms with Crippen molar-refractivity contribution in [2.24, 2.45) is 5.73 Å². The molecule has 1 aromatic rings. The third-order valence-corrected chi connectivity index (χ3v) is 2.01. The maximum atomic E-state index is 5.64. The lowest BCUT2D eigenvalue weighted by atomic mass is 10.2. The van der Waals surface area contributed by atoms with Gasteiger partial charge in [-0.15, -0.1) is 0 Å². The van der Waals surface area contributed by atoms with Crippen LogP contribution in [0.5, 0.6) is 0 Å². The molecule has 0 fully saturated rings. The first kappa shape index (κ1) is 7.69. The molecule has 0 radical (unpaired) electrons. The second-order valence-electron chi connectivity index (χ2n) is 2.19. The van der Waals surface area contributed by atoms with E-state index in [1.54, 1.807) is 12.4 Å². The second kappa shape index (κ2) is 3.12. The molecule has 1 atom stereocenters. The molecule has 0 aliphatic rings. The first-order valence-corrected chi connectivity index (χ1v) is 3.86. The predicted molar refractivity (Wildman–Crippen MR) is 44.5 cm³/mol. The van der Waals surface area contributed by atoms with E-state index in [0.717, 1.165) is 10.0 Å². The molecule has 10 heavy (non-hydrogen) atoms. The van der Waals surface area contributed by atoms with Crippen LogP contribution >= 0.6 is 15.9 Å². The number of nitrogens with zero attached hydrogens (tertiary/aromatic N) is 1. The van der Waals surface area contributed by atoms with Gasteiger partial charge in [-0.05, 0) is 13.0 Å². The largest absolute Gasteiger partial charge is 0.324 e. The number of nitrogens with two attached hydrogens (primary N) is 1. The molecule has 0 saturated heterocycles. The summed E-state index contributed by atoms with van der Waals surface area (Å²) >= 11 is 3.38. The summed E-state index contributed by atoms with van der Waals surface area (Å²) in [4.78, 5) is 3.96. The smallest absolute Gasteiger partial charge is 0.0326 e. The summed E-state index contributed by atoms with van der Waals surface area (Å²) in [6.07, 6.45) is 3.50. The Morgan fingerprint density at radius 2 is 2.40 bits per heavy atom. The number of halogens is 1. The molecular weight excluding hydrogens is 192 g/mol. The summed E-state index contributed by atoms with van der Waals surface area (Å²) in [6.45, 7) is 1.93. The van der Waals surface area contributed by atoms with E-state index in [1.165, 1.54) is 0 Å². The Hall–Kier alpha value is -0.410. The van der Waals surface area contributed by atoms with Crippen LogP contribution in [0.3, 0.4) is 0 Å². The van der Waals surface area contributed by atoms with Crippen molar-refractivity contribution in [1.29, 1.82) is 0 Å². The fourth-order valence-electron chi connectivity index (χ4n) is 0.725. The van der Waals surface area contributed by atoms with Gasteiger partial charge in [-0.3, -0.25) is 4.98 Å². The highest BCUT2D eigenvalue weighted by Crippen LogP contribution is 2.19. The zero-order valence-corrected chi connectivity index (χ0v) is 7.30. The van der Waals surface area contributed by atoms with E-state index in [4.69, 9.17) is 5.73 Å². The molecule has 0 unspecified atom stereocenters. The lowest BCUT2D eigenvalue weighted by Crippen LogP contribution is -2.05. The summed E-state index contributed by atoms with van der Waals surface area (Å²) in [5.41, 5.74) is 6.69. The fraction of sp³-hybridized carbons (Fsp3) is 0.286. The van der Waals surface area contributed by atoms with Crippen LogP contribution < -0.4 is 5.73 Å². The van der Waals surface area contributed by atoms with Crippen molar-refractivity contribution in [1.82, 2.24) is 4.98 Å². The van der Waals surface area contributed by atoms with Crippen molar-refractivity contribution in [2.45, 2.75) is 13.0 Å². The van der Waals surface area contributed by atoms with Gasteiger partial charge < -0.3 is 5.73 Å². The maximum Gasteiger partial charge on any atom is 0.0326 e. The van der Waals surface area contributed by atoms with E-state index in [9.17, 15) is 0 Å². The molecule has 1 rings (SSSR count). The van der Waals surface area contributed by atoms with E-state index in [0.29, 0.717) is 0 Å². The van der Waals surface area contributed by atoms with Gasteiger partial charge in [0.25, 0.3) is 0 Å². The number of pyridine rings is 1. The van der Waals surface area contributed by atoms with Gasteiger partial charge in [-0.1, -0.05) is 15.9 Å². The third-order valence-electron chi connectivity index (χ3n) is 1.29. The minimum absolute atomic E-state index is 0.0445. The van der Waals surface area contributed by atoms with Crippen molar-refractivity contribution in [3.05, 3.63) is 28.5 Å². The van der Waals surface area contributed by atoms with Crippen molar-refractivity contribution in [3.8, 4) is 0 Å². The number of aromatic nitrogens is 1. The monoisotopic (exact) mass is 200 g/mol. The molecule has 2 nitrogen and oxygen atoms in total. The van der Waals surface area contributed by atoms with Crippen molar-refractivity contribution in [2.75, 3.05) is 0 Å². The number of hydrogen-bond acceptors (Lipinski definition) is 2. The van der Waals surface area contributed by atoms with E-state index in [2.05, 4.69) is 20.9 Å². The minimum atomic E-state index is 0.0445. The Labute approximate surface area is 68.6 Å². The summed E-state index contributed by atoms with van der Waals surface area (Å²) in [6, 6.07) is 1.93. The molecule has 2 N–H and O–H groups in total. The molecule has 1 heterocycles. The molecule has 0 spiro atoms. The van der Waals surface area contributed by atoms with E-state index >= 15 is 0 Å². The van der Waals surface area contributed by atoms with E-state index < -0.39 is 0 Å². The standard InChI is InChI=1S/C7H9BrN2/c1-5(9)6-4-10-3-2-7(6)8/h2-5H,9H2,1H3/t5-/m1/s1. The zero-order chi connectivity index (χ0) is 7.56. The van der Waals surface area contributed by atoms with Crippen LogP contribution in [-0.4, -0.2) is 4.98 Å². The predicted octanol–water partition coefficient (Wildman–Crippen LogP) is 1.86. The summed E-state index contributed by atoms with van der Waals surface area (Å²) in [5, 5.41) is 0. The molecule has 3 heteroatoms. The Morgan fingerprint density at radius 3 is 2.80 bits per heavy atom. The van der Waals surface area contributed by atoms with Crippen LogP contribution in [0.2, 0.25) is 0 Å². The highest BCUT2D eigenvalue weighted by atomic mass is 79.9. The van der Waals surface area contributed by atoms with Gasteiger partial charge >= 0.3 is 0 Å². The minimum Gasteiger partial charge on any atom is -0.324 e. The molecular formula is C7H9BrN2. The Bertz CT molecular complexity index is 223. The average Bonchev–Trinajstić information content (AvgIpc) is 1.88. The lowest BCUT2D eigenvalue weighted by molar-refractivity contribution is 0.806. The van der Waals surface area contributed by atoms with Gasteiger partial charge in [-0.2, -0.15) is 0 Å². The molecule has 0 aliphatic heterocycles. The van der Waals surface area contributed by atoms with Gasteiger partial charge in [0.2, 0.25) is 0 Å². The Balaban J connectivity index is 3.03. The SMILES string of the molecule is C[C@@H](N)c1cnccc1Br. The summed E-state index contributed by atoms with van der Waals surface area (Å²) in [7, 11) is 0. The topological polar surface area (TPSA) is 38.9 Å². The quantitative estimate of drug-likeness (QED) is 0.753. The first-order valence-electron chi connectivity index (χ1n) is 3.07. The van der Waals surface area contributed by atoms with Crippen LogP contribution in [-0.2, 0) is 0 Å². The van der Waals surface area contributed by atoms with Gasteiger partial charge in [0, 0.05) is 28.5 Å². The maximum absolute atomic E-state index is 5.64. The van der Waals surface area contributed by atoms with Crippen LogP contribution in [0.15, 0.2) is 22.9 Å². The molecule has 54 valence electrons. The van der Waals surface area contributed by atoms with Crippen molar-refractivity contribution in [3.63, 3.8) is 0 Å². The van der Waals surface area contributed by atoms with Crippen LogP contribution in [0.4, 0.5) is 0 Å². The molecule has 1 aromatic heterocycles. The second-order valence-corrected chi connectivity index (χ2v) is 3.04. The lowest BCUT2D eigenvalue weighted by Gasteiger charge is -2.05. The molecule has 0 amide bonds. The van der Waals surface area contributed by atoms with Gasteiger partial charge in [0.05, 0.1) is 0 Å². The van der Waals surface area contributed by atoms with Crippen LogP contribution in [0.1, 0.15) is 18.5 Å². The molecule has 0 bridgehead atoms. The van der Waals surface area contributed by atoms with Crippen LogP contribution in [0, 0.1) is 0 Å². The van der Waals surface area contributed by atoms with Crippen LogP contribution in [0.25, 0.3) is 0 Å². The normalized spacial score (nSPS) is 13.1. The summed E-state index contributed by atoms with van der Waals surface area (Å²) in [5.74, 6) is 0. The van der Waals surface area contributed by atoms with E-state index in [1.807, 2.05) is 13.0 Å². The summed E-state index contributed by atoms with van der Waals surface area (Å²) < 4.78 is 1.03. The number of rotatable bonds is 1. The average molecular weight is 201 g/mol. The highest BCUT2D eigenvalue weighted by Gasteiger charge is 2.02. The molecule has 0 saturated carbocycles. The molecule has 0 aliphatic carbocycles. The highest BCUT2D eigenvalue weighted by molar-refractivity contribution is 9.10. The van der Waals surface area contributed by atoms with Gasteiger partial charge in [0.1, 0.15) is 0 Å². The zero-order valence-electron chi connectivity index (χ0n) is 5.71. The fourth-order valence-corrected chi connectivity index (χ4v) is 1.31. The van der Waals surface area contributed by atoms with Gasteiger partial charge in [0.15, 0.2) is 0 Å². The molecule has 0 aromatic carbocycles. The third kappa shape index (κ3) is 1.55. The first-order chi connectivity index (χ1) is 4.72. The van der Waals surface area contributed by atoms with E-state index in [-0.39, 0.29) is 6.04 Å². The Morgan fingerprint density at radius 1 is 1.70 bits per heavy atom. The van der Waals surface area contributed by atoms with Gasteiger partial charge in [-0.25, -0.2) is 0 Å². The number of hydrogen-bond donors (Lipinski definition) is 1. The Kier molecular flexibility index (Phi) is 2.40. The van der Waals surface area contributed by atoms with Crippen molar-refractivity contribution >= 4 is 15.9 Å².